The molecule has 0 unspecified atom stereocenters. The first-order chi connectivity index (χ1) is 10.4. The zero-order valence-corrected chi connectivity index (χ0v) is 14.6. The van der Waals surface area contributed by atoms with Crippen LogP contribution < -0.4 is 5.32 Å². The molecule has 0 atom stereocenters. The Morgan fingerprint density at radius 1 is 1.27 bits per heavy atom. The third-order valence-corrected chi connectivity index (χ3v) is 4.62. The summed E-state index contributed by atoms with van der Waals surface area (Å²) >= 11 is 3.58. The fourth-order valence-corrected chi connectivity index (χ4v) is 2.87. The minimum Gasteiger partial charge on any atom is -0.354 e. The maximum atomic E-state index is 12.1. The minimum atomic E-state index is -0.0945. The summed E-state index contributed by atoms with van der Waals surface area (Å²) in [6.07, 6.45) is 0.313. The topological polar surface area (TPSA) is 54.3 Å². The summed E-state index contributed by atoms with van der Waals surface area (Å²) in [6.45, 7) is 2.58. The molecule has 0 radical (unpaired) electrons. The Morgan fingerprint density at radius 2 is 1.95 bits per heavy atom. The van der Waals surface area contributed by atoms with E-state index in [0.29, 0.717) is 13.0 Å². The SMILES string of the molecule is Cc1c(Br)c2ccccc2n1CC(=O)NCCC(=O)N(C)C. The van der Waals surface area contributed by atoms with Crippen LogP contribution in [0.4, 0.5) is 0 Å². The minimum absolute atomic E-state index is 0.00522. The summed E-state index contributed by atoms with van der Waals surface area (Å²) in [5.41, 5.74) is 2.03. The molecule has 0 aliphatic heterocycles. The van der Waals surface area contributed by atoms with Gasteiger partial charge in [-0.1, -0.05) is 18.2 Å². The molecular formula is C16H20BrN3O2. The number of hydrogen-bond acceptors (Lipinski definition) is 2. The van der Waals surface area contributed by atoms with E-state index < -0.39 is 0 Å². The van der Waals surface area contributed by atoms with Crippen molar-refractivity contribution in [3.05, 3.63) is 34.4 Å². The smallest absolute Gasteiger partial charge is 0.239 e. The van der Waals surface area contributed by atoms with Gasteiger partial charge in [-0.15, -0.1) is 0 Å². The highest BCUT2D eigenvalue weighted by Gasteiger charge is 2.14. The summed E-state index contributed by atoms with van der Waals surface area (Å²) in [5.74, 6) is -0.0893. The Labute approximate surface area is 138 Å². The molecule has 2 amide bonds. The van der Waals surface area contributed by atoms with Gasteiger partial charge in [-0.25, -0.2) is 0 Å². The number of hydrogen-bond donors (Lipinski definition) is 1. The summed E-state index contributed by atoms with van der Waals surface area (Å²) < 4.78 is 2.99. The number of carbonyl (C=O) groups is 2. The van der Waals surface area contributed by atoms with Crippen LogP contribution in [0.1, 0.15) is 12.1 Å². The predicted octanol–water partition coefficient (Wildman–Crippen LogP) is 2.31. The van der Waals surface area contributed by atoms with Crippen LogP contribution in [0.2, 0.25) is 0 Å². The second kappa shape index (κ2) is 6.96. The van der Waals surface area contributed by atoms with E-state index in [1.54, 1.807) is 14.1 Å². The van der Waals surface area contributed by atoms with Crippen LogP contribution in [0.15, 0.2) is 28.7 Å². The lowest BCUT2D eigenvalue weighted by Gasteiger charge is -2.12. The number of para-hydroxylation sites is 1. The van der Waals surface area contributed by atoms with Gasteiger partial charge in [0.2, 0.25) is 11.8 Å². The summed E-state index contributed by atoms with van der Waals surface area (Å²) in [4.78, 5) is 25.1. The number of rotatable bonds is 5. The van der Waals surface area contributed by atoms with Crippen LogP contribution in [0.3, 0.4) is 0 Å². The Balaban J connectivity index is 2.03. The summed E-state index contributed by atoms with van der Waals surface area (Å²) in [7, 11) is 3.41. The number of nitrogens with one attached hydrogen (secondary N) is 1. The van der Waals surface area contributed by atoms with Crippen molar-refractivity contribution in [1.82, 2.24) is 14.8 Å². The second-order valence-corrected chi connectivity index (χ2v) is 6.18. The van der Waals surface area contributed by atoms with Crippen molar-refractivity contribution < 1.29 is 9.59 Å². The zero-order valence-electron chi connectivity index (χ0n) is 13.0. The number of amides is 2. The van der Waals surface area contributed by atoms with E-state index in [0.717, 1.165) is 21.1 Å². The number of nitrogens with zero attached hydrogens (tertiary/aromatic N) is 2. The molecule has 1 aromatic heterocycles. The zero-order chi connectivity index (χ0) is 16.3. The van der Waals surface area contributed by atoms with Crippen LogP contribution in [0.25, 0.3) is 10.9 Å². The van der Waals surface area contributed by atoms with Gasteiger partial charge in [0.05, 0.1) is 0 Å². The van der Waals surface area contributed by atoms with E-state index in [2.05, 4.69) is 21.2 Å². The highest BCUT2D eigenvalue weighted by atomic mass is 79.9. The normalized spacial score (nSPS) is 10.7. The molecule has 5 nitrogen and oxygen atoms in total. The maximum absolute atomic E-state index is 12.1. The fourth-order valence-electron chi connectivity index (χ4n) is 2.32. The lowest BCUT2D eigenvalue weighted by atomic mass is 10.2. The average molecular weight is 366 g/mol. The van der Waals surface area contributed by atoms with Gasteiger partial charge in [-0.2, -0.15) is 0 Å². The highest BCUT2D eigenvalue weighted by molar-refractivity contribution is 9.10. The lowest BCUT2D eigenvalue weighted by Crippen LogP contribution is -2.32. The van der Waals surface area contributed by atoms with Gasteiger partial charge in [-0.3, -0.25) is 9.59 Å². The molecule has 2 rings (SSSR count). The number of halogens is 1. The van der Waals surface area contributed by atoms with Crippen molar-refractivity contribution in [3.8, 4) is 0 Å². The van der Waals surface area contributed by atoms with Gasteiger partial charge in [-0.05, 0) is 28.9 Å². The first kappa shape index (κ1) is 16.5. The van der Waals surface area contributed by atoms with Crippen LogP contribution in [0.5, 0.6) is 0 Å². The van der Waals surface area contributed by atoms with Crippen LogP contribution >= 0.6 is 15.9 Å². The summed E-state index contributed by atoms with van der Waals surface area (Å²) in [6, 6.07) is 7.95. The van der Waals surface area contributed by atoms with Gasteiger partial charge >= 0.3 is 0 Å². The quantitative estimate of drug-likeness (QED) is 0.883. The largest absolute Gasteiger partial charge is 0.354 e. The van der Waals surface area contributed by atoms with Gasteiger partial charge in [0.15, 0.2) is 0 Å². The number of aromatic nitrogens is 1. The molecule has 2 aromatic rings. The molecule has 22 heavy (non-hydrogen) atoms. The summed E-state index contributed by atoms with van der Waals surface area (Å²) in [5, 5.41) is 3.89. The van der Waals surface area contributed by atoms with Crippen molar-refractivity contribution in [2.24, 2.45) is 0 Å². The monoisotopic (exact) mass is 365 g/mol. The molecular weight excluding hydrogens is 346 g/mol. The van der Waals surface area contributed by atoms with E-state index in [-0.39, 0.29) is 18.4 Å². The molecule has 0 bridgehead atoms. The van der Waals surface area contributed by atoms with Crippen molar-refractivity contribution in [3.63, 3.8) is 0 Å². The highest BCUT2D eigenvalue weighted by Crippen LogP contribution is 2.30. The average Bonchev–Trinajstić information content (AvgIpc) is 2.72. The Hall–Kier alpha value is -1.82. The Kier molecular flexibility index (Phi) is 5.24. The van der Waals surface area contributed by atoms with Crippen molar-refractivity contribution in [1.29, 1.82) is 0 Å². The number of fused-ring (bicyclic) bond motifs is 1. The van der Waals surface area contributed by atoms with Crippen molar-refractivity contribution in [2.75, 3.05) is 20.6 Å². The van der Waals surface area contributed by atoms with Gasteiger partial charge < -0.3 is 14.8 Å². The third-order valence-electron chi connectivity index (χ3n) is 3.62. The van der Waals surface area contributed by atoms with E-state index in [1.807, 2.05) is 35.8 Å². The molecule has 0 aliphatic rings. The van der Waals surface area contributed by atoms with Gasteiger partial charge in [0.25, 0.3) is 0 Å². The van der Waals surface area contributed by atoms with E-state index >= 15 is 0 Å². The van der Waals surface area contributed by atoms with E-state index in [9.17, 15) is 9.59 Å². The van der Waals surface area contributed by atoms with Crippen LogP contribution in [0, 0.1) is 6.92 Å². The van der Waals surface area contributed by atoms with E-state index in [1.165, 1.54) is 4.90 Å². The molecule has 1 N–H and O–H groups in total. The molecule has 0 aliphatic carbocycles. The van der Waals surface area contributed by atoms with Gasteiger partial charge in [0.1, 0.15) is 6.54 Å². The Bertz CT molecular complexity index is 707. The molecule has 0 saturated heterocycles. The predicted molar refractivity (Wildman–Crippen MR) is 90.7 cm³/mol. The van der Waals surface area contributed by atoms with Crippen LogP contribution in [-0.2, 0) is 16.1 Å². The van der Waals surface area contributed by atoms with Crippen molar-refractivity contribution >= 4 is 38.6 Å². The standard InChI is InChI=1S/C16H20BrN3O2/c1-11-16(17)12-6-4-5-7-13(12)20(11)10-14(21)18-9-8-15(22)19(2)3/h4-7H,8-10H2,1-3H3,(H,18,21). The number of carbonyl (C=O) groups excluding carboxylic acids is 2. The number of benzene rings is 1. The molecule has 0 saturated carbocycles. The van der Waals surface area contributed by atoms with Crippen molar-refractivity contribution in [2.45, 2.75) is 19.9 Å². The first-order valence-electron chi connectivity index (χ1n) is 7.12. The van der Waals surface area contributed by atoms with Gasteiger partial charge in [0, 0.05) is 48.1 Å². The molecule has 1 aromatic carbocycles. The lowest BCUT2D eigenvalue weighted by molar-refractivity contribution is -0.128. The molecule has 118 valence electrons. The molecule has 0 spiro atoms. The fraction of sp³-hybridized carbons (Fsp3) is 0.375. The Morgan fingerprint density at radius 3 is 2.64 bits per heavy atom. The van der Waals surface area contributed by atoms with Crippen LogP contribution in [-0.4, -0.2) is 41.9 Å². The third kappa shape index (κ3) is 3.50. The second-order valence-electron chi connectivity index (χ2n) is 5.39. The maximum Gasteiger partial charge on any atom is 0.239 e. The molecule has 1 heterocycles. The first-order valence-corrected chi connectivity index (χ1v) is 7.91. The molecule has 6 heteroatoms. The van der Waals surface area contributed by atoms with E-state index in [4.69, 9.17) is 0 Å². The molecule has 0 fully saturated rings.